The maximum absolute atomic E-state index is 12.6. The van der Waals surface area contributed by atoms with Gasteiger partial charge in [-0.2, -0.15) is 0 Å². The lowest BCUT2D eigenvalue weighted by atomic mass is 9.96. The molecular weight excluding hydrogens is 322 g/mol. The van der Waals surface area contributed by atoms with Crippen molar-refractivity contribution in [2.24, 2.45) is 5.14 Å². The topological polar surface area (TPSA) is 114 Å². The molecule has 0 radical (unpaired) electrons. The Hall–Kier alpha value is -1.87. The number of primary sulfonamides is 1. The second-order valence-electron chi connectivity index (χ2n) is 5.97. The number of rotatable bonds is 4. The molecule has 2 heterocycles. The van der Waals surface area contributed by atoms with Gasteiger partial charge in [0.15, 0.2) is 5.76 Å². The van der Waals surface area contributed by atoms with Gasteiger partial charge in [-0.05, 0) is 32.4 Å². The fourth-order valence-electron chi connectivity index (χ4n) is 2.66. The van der Waals surface area contributed by atoms with Gasteiger partial charge < -0.3 is 14.2 Å². The highest BCUT2D eigenvalue weighted by atomic mass is 32.2. The van der Waals surface area contributed by atoms with Gasteiger partial charge in [-0.3, -0.25) is 9.59 Å². The van der Waals surface area contributed by atoms with Crippen molar-refractivity contribution < 1.29 is 22.4 Å². The molecular formula is C14H21N3O5S. The normalized spacial score (nSPS) is 18.3. The molecule has 2 amide bonds. The van der Waals surface area contributed by atoms with E-state index >= 15 is 0 Å². The van der Waals surface area contributed by atoms with Crippen LogP contribution in [0, 0.1) is 0 Å². The molecule has 1 aromatic rings. The van der Waals surface area contributed by atoms with E-state index in [1.165, 1.54) is 11.0 Å². The number of nitrogens with zero attached hydrogens (tertiary/aromatic N) is 2. The van der Waals surface area contributed by atoms with E-state index in [0.717, 1.165) is 12.5 Å². The van der Waals surface area contributed by atoms with Gasteiger partial charge in [-0.25, -0.2) is 13.6 Å². The van der Waals surface area contributed by atoms with Crippen molar-refractivity contribution in [3.63, 3.8) is 0 Å². The van der Waals surface area contributed by atoms with E-state index < -0.39 is 26.6 Å². The summed E-state index contributed by atoms with van der Waals surface area (Å²) in [5.74, 6) is -0.828. The van der Waals surface area contributed by atoms with Crippen LogP contribution in [0.25, 0.3) is 0 Å². The smallest absolute Gasteiger partial charge is 0.290 e. The zero-order valence-corrected chi connectivity index (χ0v) is 14.2. The van der Waals surface area contributed by atoms with Gasteiger partial charge in [0.25, 0.3) is 15.9 Å². The maximum atomic E-state index is 12.6. The van der Waals surface area contributed by atoms with Crippen LogP contribution in [0.1, 0.15) is 37.7 Å². The first kappa shape index (κ1) is 17.5. The van der Waals surface area contributed by atoms with Crippen LogP contribution in [0.5, 0.6) is 0 Å². The highest BCUT2D eigenvalue weighted by Gasteiger charge is 2.44. The summed E-state index contributed by atoms with van der Waals surface area (Å²) in [5, 5.41) is 4.49. The van der Waals surface area contributed by atoms with Gasteiger partial charge in [-0.15, -0.1) is 0 Å². The first-order valence-corrected chi connectivity index (χ1v) is 8.87. The summed E-state index contributed by atoms with van der Waals surface area (Å²) in [4.78, 5) is 28.2. The highest BCUT2D eigenvalue weighted by Crippen LogP contribution is 2.26. The third kappa shape index (κ3) is 3.25. The Labute approximate surface area is 135 Å². The molecule has 128 valence electrons. The van der Waals surface area contributed by atoms with Crippen LogP contribution in [-0.4, -0.2) is 55.2 Å². The van der Waals surface area contributed by atoms with Crippen LogP contribution in [-0.2, 0) is 14.8 Å². The van der Waals surface area contributed by atoms with E-state index in [4.69, 9.17) is 9.56 Å². The Morgan fingerprint density at radius 3 is 2.52 bits per heavy atom. The van der Waals surface area contributed by atoms with E-state index in [0.29, 0.717) is 19.6 Å². The molecule has 0 spiro atoms. The molecule has 9 heteroatoms. The summed E-state index contributed by atoms with van der Waals surface area (Å²) < 4.78 is 27.5. The van der Waals surface area contributed by atoms with Gasteiger partial charge in [0, 0.05) is 19.6 Å². The third-order valence-electron chi connectivity index (χ3n) is 3.89. The van der Waals surface area contributed by atoms with Gasteiger partial charge in [0.05, 0.1) is 0 Å². The average molecular weight is 343 g/mol. The highest BCUT2D eigenvalue weighted by molar-refractivity contribution is 7.89. The molecule has 1 aliphatic rings. The molecule has 0 aliphatic carbocycles. The average Bonchev–Trinajstić information content (AvgIpc) is 2.93. The standard InChI is InChI=1S/C14H21N3O5S/c1-4-7-16-8-9-17(14(2,3)13(16)19)12(18)10-5-6-11(22-10)23(15,20)21/h5-6H,4,7-9H2,1-3H3,(H2,15,20,21). The second kappa shape index (κ2) is 5.97. The Morgan fingerprint density at radius 2 is 2.00 bits per heavy atom. The Bertz CT molecular complexity index is 723. The quantitative estimate of drug-likeness (QED) is 0.850. The monoisotopic (exact) mass is 343 g/mol. The molecule has 0 saturated carbocycles. The van der Waals surface area contributed by atoms with Crippen LogP contribution < -0.4 is 5.14 Å². The van der Waals surface area contributed by atoms with E-state index in [1.54, 1.807) is 18.7 Å². The molecule has 2 N–H and O–H groups in total. The maximum Gasteiger partial charge on any atom is 0.290 e. The van der Waals surface area contributed by atoms with Crippen LogP contribution in [0.15, 0.2) is 21.6 Å². The van der Waals surface area contributed by atoms with Crippen molar-refractivity contribution in [3.05, 3.63) is 17.9 Å². The fourth-order valence-corrected chi connectivity index (χ4v) is 3.13. The SMILES string of the molecule is CCCN1CCN(C(=O)c2ccc(S(N)(=O)=O)o2)C(C)(C)C1=O. The molecule has 0 atom stereocenters. The zero-order valence-electron chi connectivity index (χ0n) is 13.4. The fraction of sp³-hybridized carbons (Fsp3) is 0.571. The van der Waals surface area contributed by atoms with Crippen LogP contribution in [0.4, 0.5) is 0 Å². The lowest BCUT2D eigenvalue weighted by molar-refractivity contribution is -0.146. The van der Waals surface area contributed by atoms with Crippen LogP contribution >= 0.6 is 0 Å². The van der Waals surface area contributed by atoms with E-state index in [2.05, 4.69) is 0 Å². The summed E-state index contributed by atoms with van der Waals surface area (Å²) >= 11 is 0. The van der Waals surface area contributed by atoms with Crippen molar-refractivity contribution in [3.8, 4) is 0 Å². The molecule has 1 aromatic heterocycles. The number of piperazine rings is 1. The molecule has 0 aromatic carbocycles. The lowest BCUT2D eigenvalue weighted by Crippen LogP contribution is -2.64. The molecule has 23 heavy (non-hydrogen) atoms. The Morgan fingerprint density at radius 1 is 1.35 bits per heavy atom. The third-order valence-corrected chi connectivity index (χ3v) is 4.67. The minimum atomic E-state index is -4.01. The van der Waals surface area contributed by atoms with Gasteiger partial charge in [-0.1, -0.05) is 6.92 Å². The summed E-state index contributed by atoms with van der Waals surface area (Å²) in [5.41, 5.74) is -1.03. The van der Waals surface area contributed by atoms with Crippen molar-refractivity contribution in [1.29, 1.82) is 0 Å². The number of amides is 2. The predicted octanol–water partition coefficient (Wildman–Crippen LogP) is 0.400. The Kier molecular flexibility index (Phi) is 4.54. The Balaban J connectivity index is 2.26. The molecule has 0 unspecified atom stereocenters. The molecule has 1 saturated heterocycles. The summed E-state index contributed by atoms with van der Waals surface area (Å²) in [6.07, 6.45) is 0.839. The minimum Gasteiger partial charge on any atom is -0.438 e. The van der Waals surface area contributed by atoms with Gasteiger partial charge in [0.1, 0.15) is 5.54 Å². The van der Waals surface area contributed by atoms with Gasteiger partial charge in [0.2, 0.25) is 11.0 Å². The minimum absolute atomic E-state index is 0.142. The number of carbonyl (C=O) groups excluding carboxylic acids is 2. The predicted molar refractivity (Wildman–Crippen MR) is 82.1 cm³/mol. The number of hydrogen-bond acceptors (Lipinski definition) is 5. The van der Waals surface area contributed by atoms with Crippen molar-refractivity contribution >= 4 is 21.8 Å². The number of sulfonamides is 1. The summed E-state index contributed by atoms with van der Waals surface area (Å²) in [6.45, 7) is 6.74. The second-order valence-corrected chi connectivity index (χ2v) is 7.46. The number of hydrogen-bond donors (Lipinski definition) is 1. The van der Waals surface area contributed by atoms with Crippen molar-refractivity contribution in [2.45, 2.75) is 37.8 Å². The van der Waals surface area contributed by atoms with Gasteiger partial charge >= 0.3 is 0 Å². The summed E-state index contributed by atoms with van der Waals surface area (Å²) in [7, 11) is -4.01. The molecule has 1 aliphatic heterocycles. The number of nitrogens with two attached hydrogens (primary N) is 1. The molecule has 0 bridgehead atoms. The molecule has 1 fully saturated rings. The molecule has 8 nitrogen and oxygen atoms in total. The number of furan rings is 1. The number of carbonyl (C=O) groups is 2. The lowest BCUT2D eigenvalue weighted by Gasteiger charge is -2.45. The largest absolute Gasteiger partial charge is 0.438 e. The van der Waals surface area contributed by atoms with Crippen LogP contribution in [0.2, 0.25) is 0 Å². The van der Waals surface area contributed by atoms with E-state index in [9.17, 15) is 18.0 Å². The van der Waals surface area contributed by atoms with Crippen molar-refractivity contribution in [2.75, 3.05) is 19.6 Å². The van der Waals surface area contributed by atoms with Crippen molar-refractivity contribution in [1.82, 2.24) is 9.80 Å². The van der Waals surface area contributed by atoms with E-state index in [1.807, 2.05) is 6.92 Å². The zero-order chi connectivity index (χ0) is 17.4. The first-order valence-electron chi connectivity index (χ1n) is 7.33. The summed E-state index contributed by atoms with van der Waals surface area (Å²) in [6, 6.07) is 2.38. The molecule has 2 rings (SSSR count). The van der Waals surface area contributed by atoms with E-state index in [-0.39, 0.29) is 11.7 Å². The first-order chi connectivity index (χ1) is 10.6. The van der Waals surface area contributed by atoms with Crippen LogP contribution in [0.3, 0.4) is 0 Å².